The van der Waals surface area contributed by atoms with Crippen LogP contribution in [0.2, 0.25) is 5.02 Å². The smallest absolute Gasteiger partial charge is 0.295 e. The number of hydrogen-bond acceptors (Lipinski definition) is 5. The first-order valence-electron chi connectivity index (χ1n) is 4.75. The molecule has 0 saturated heterocycles. The summed E-state index contributed by atoms with van der Waals surface area (Å²) in [6.45, 7) is 1.79. The van der Waals surface area contributed by atoms with E-state index in [-0.39, 0.29) is 11.2 Å². The number of nitrogens with one attached hydrogen (secondary N) is 1. The number of nitrogens with zero attached hydrogens (tertiary/aromatic N) is 2. The number of hydrazine groups is 1. The second-order valence-electron chi connectivity index (χ2n) is 3.52. The second kappa shape index (κ2) is 4.15. The highest BCUT2D eigenvalue weighted by Gasteiger charge is 2.16. The van der Waals surface area contributed by atoms with Crippen LogP contribution in [-0.4, -0.2) is 9.91 Å². The maximum atomic E-state index is 10.9. The summed E-state index contributed by atoms with van der Waals surface area (Å²) in [6.07, 6.45) is 0. The lowest BCUT2D eigenvalue weighted by molar-refractivity contribution is -0.383. The van der Waals surface area contributed by atoms with Crippen LogP contribution in [-0.2, 0) is 0 Å². The number of non-ortho nitro benzene ring substituents is 1. The molecule has 0 amide bonds. The van der Waals surface area contributed by atoms with Crippen LogP contribution in [0, 0.1) is 17.0 Å². The Kier molecular flexibility index (Phi) is 2.83. The van der Waals surface area contributed by atoms with E-state index in [1.165, 1.54) is 12.1 Å². The molecule has 1 aromatic carbocycles. The van der Waals surface area contributed by atoms with E-state index < -0.39 is 4.92 Å². The zero-order valence-corrected chi connectivity index (χ0v) is 9.65. The Balaban J connectivity index is 2.88. The van der Waals surface area contributed by atoms with Crippen molar-refractivity contribution in [3.8, 4) is 0 Å². The number of benzene rings is 1. The van der Waals surface area contributed by atoms with Gasteiger partial charge < -0.3 is 5.43 Å². The summed E-state index contributed by atoms with van der Waals surface area (Å²) in [4.78, 5) is 14.5. The molecule has 0 spiro atoms. The molecule has 0 unspecified atom stereocenters. The Bertz CT molecular complexity index is 615. The molecule has 0 saturated carbocycles. The minimum Gasteiger partial charge on any atom is -0.308 e. The number of nitro groups is 1. The number of anilines is 1. The number of fused-ring (bicyclic) bond motifs is 1. The second-order valence-corrected chi connectivity index (χ2v) is 3.93. The molecule has 1 aromatic heterocycles. The molecule has 1 heterocycles. The highest BCUT2D eigenvalue weighted by molar-refractivity contribution is 6.35. The first-order valence-corrected chi connectivity index (χ1v) is 5.13. The number of halogens is 1. The number of aromatic nitrogens is 1. The van der Waals surface area contributed by atoms with E-state index in [9.17, 15) is 10.1 Å². The molecule has 0 bridgehead atoms. The molecule has 0 radical (unpaired) electrons. The quantitative estimate of drug-likeness (QED) is 0.486. The molecule has 0 aliphatic heterocycles. The molecule has 2 rings (SSSR count). The van der Waals surface area contributed by atoms with Gasteiger partial charge in [-0.1, -0.05) is 11.6 Å². The Morgan fingerprint density at radius 2 is 2.24 bits per heavy atom. The number of aryl methyl sites for hydroxylation is 1. The van der Waals surface area contributed by atoms with Crippen LogP contribution >= 0.6 is 11.6 Å². The normalized spacial score (nSPS) is 10.5. The van der Waals surface area contributed by atoms with Crippen LogP contribution in [0.1, 0.15) is 5.56 Å². The number of nitrogen functional groups attached to an aromatic ring is 1. The predicted octanol–water partition coefficient (Wildman–Crippen LogP) is 2.39. The van der Waals surface area contributed by atoms with E-state index in [2.05, 4.69) is 10.4 Å². The SMILES string of the molecule is Cc1cc2c(Cl)ccc([N+](=O)[O-])c2nc1NN. The van der Waals surface area contributed by atoms with Gasteiger partial charge in [-0.25, -0.2) is 10.8 Å². The third-order valence-electron chi connectivity index (χ3n) is 2.43. The van der Waals surface area contributed by atoms with Gasteiger partial charge in [-0.2, -0.15) is 0 Å². The topological polar surface area (TPSA) is 94.1 Å². The van der Waals surface area contributed by atoms with Crippen molar-refractivity contribution < 1.29 is 4.92 Å². The summed E-state index contributed by atoms with van der Waals surface area (Å²) in [6, 6.07) is 4.53. The van der Waals surface area contributed by atoms with E-state index in [1.807, 2.05) is 0 Å². The Hall–Kier alpha value is -1.92. The molecule has 2 aromatic rings. The van der Waals surface area contributed by atoms with Crippen molar-refractivity contribution in [1.29, 1.82) is 0 Å². The van der Waals surface area contributed by atoms with E-state index in [0.29, 0.717) is 16.2 Å². The van der Waals surface area contributed by atoms with Crippen molar-refractivity contribution in [3.05, 3.63) is 38.9 Å². The third kappa shape index (κ3) is 1.88. The van der Waals surface area contributed by atoms with Crippen molar-refractivity contribution in [3.63, 3.8) is 0 Å². The Labute approximate surface area is 102 Å². The molecule has 3 N–H and O–H groups in total. The van der Waals surface area contributed by atoms with Crippen molar-refractivity contribution in [2.75, 3.05) is 5.43 Å². The summed E-state index contributed by atoms with van der Waals surface area (Å²) in [5.41, 5.74) is 3.29. The average molecular weight is 253 g/mol. The van der Waals surface area contributed by atoms with Gasteiger partial charge in [0, 0.05) is 11.5 Å². The largest absolute Gasteiger partial charge is 0.308 e. The fourth-order valence-electron chi connectivity index (χ4n) is 1.60. The first-order chi connectivity index (χ1) is 8.04. The van der Waals surface area contributed by atoms with Gasteiger partial charge in [0.1, 0.15) is 5.82 Å². The molecule has 0 fully saturated rings. The van der Waals surface area contributed by atoms with E-state index >= 15 is 0 Å². The summed E-state index contributed by atoms with van der Waals surface area (Å²) in [5, 5.41) is 11.8. The maximum Gasteiger partial charge on any atom is 0.295 e. The van der Waals surface area contributed by atoms with Crippen LogP contribution in [0.25, 0.3) is 10.9 Å². The third-order valence-corrected chi connectivity index (χ3v) is 2.76. The number of nitrogens with two attached hydrogens (primary N) is 1. The van der Waals surface area contributed by atoms with Gasteiger partial charge in [-0.05, 0) is 24.6 Å². The fraction of sp³-hybridized carbons (Fsp3) is 0.100. The standard InChI is InChI=1S/C10H9ClN4O2/c1-5-4-6-7(11)2-3-8(15(16)17)9(6)13-10(5)14-12/h2-4H,12H2,1H3,(H,13,14). The van der Waals surface area contributed by atoms with Gasteiger partial charge >= 0.3 is 0 Å². The zero-order chi connectivity index (χ0) is 12.6. The monoisotopic (exact) mass is 252 g/mol. The minimum atomic E-state index is -0.499. The lowest BCUT2D eigenvalue weighted by Gasteiger charge is -2.07. The zero-order valence-electron chi connectivity index (χ0n) is 8.90. The number of hydrogen-bond donors (Lipinski definition) is 2. The lowest BCUT2D eigenvalue weighted by atomic mass is 10.1. The van der Waals surface area contributed by atoms with Gasteiger partial charge in [0.05, 0.1) is 9.95 Å². The van der Waals surface area contributed by atoms with Crippen LogP contribution in [0.3, 0.4) is 0 Å². The molecule has 88 valence electrons. The van der Waals surface area contributed by atoms with Gasteiger partial charge in [-0.3, -0.25) is 10.1 Å². The van der Waals surface area contributed by atoms with Crippen molar-refractivity contribution in [1.82, 2.24) is 4.98 Å². The van der Waals surface area contributed by atoms with Gasteiger partial charge in [0.2, 0.25) is 0 Å². The van der Waals surface area contributed by atoms with E-state index in [0.717, 1.165) is 5.56 Å². The number of pyridine rings is 1. The molecule has 0 atom stereocenters. The summed E-state index contributed by atoms with van der Waals surface area (Å²) in [5.74, 6) is 5.68. The molecule has 0 aliphatic carbocycles. The molecule has 6 nitrogen and oxygen atoms in total. The maximum absolute atomic E-state index is 10.9. The molecular formula is C10H9ClN4O2. The van der Waals surface area contributed by atoms with Crippen LogP contribution in [0.5, 0.6) is 0 Å². The highest BCUT2D eigenvalue weighted by Crippen LogP contribution is 2.32. The van der Waals surface area contributed by atoms with Crippen molar-refractivity contribution in [2.45, 2.75) is 6.92 Å². The summed E-state index contributed by atoms with van der Waals surface area (Å²) < 4.78 is 0. The van der Waals surface area contributed by atoms with Crippen molar-refractivity contribution in [2.24, 2.45) is 5.84 Å². The number of nitro benzene ring substituents is 1. The summed E-state index contributed by atoms with van der Waals surface area (Å²) >= 11 is 5.99. The molecule has 0 aliphatic rings. The van der Waals surface area contributed by atoms with Crippen LogP contribution < -0.4 is 11.3 Å². The van der Waals surface area contributed by atoms with E-state index in [4.69, 9.17) is 17.4 Å². The highest BCUT2D eigenvalue weighted by atomic mass is 35.5. The summed E-state index contributed by atoms with van der Waals surface area (Å²) in [7, 11) is 0. The molecule has 17 heavy (non-hydrogen) atoms. The van der Waals surface area contributed by atoms with Crippen LogP contribution in [0.4, 0.5) is 11.5 Å². The van der Waals surface area contributed by atoms with Gasteiger partial charge in [0.15, 0.2) is 5.52 Å². The molecule has 7 heteroatoms. The average Bonchev–Trinajstić information content (AvgIpc) is 2.29. The fourth-order valence-corrected chi connectivity index (χ4v) is 1.81. The molecular weight excluding hydrogens is 244 g/mol. The van der Waals surface area contributed by atoms with Gasteiger partial charge in [0.25, 0.3) is 5.69 Å². The van der Waals surface area contributed by atoms with Crippen LogP contribution in [0.15, 0.2) is 18.2 Å². The van der Waals surface area contributed by atoms with Gasteiger partial charge in [-0.15, -0.1) is 0 Å². The van der Waals surface area contributed by atoms with Crippen molar-refractivity contribution >= 4 is 34.0 Å². The predicted molar refractivity (Wildman–Crippen MR) is 66.0 cm³/mol. The van der Waals surface area contributed by atoms with E-state index in [1.54, 1.807) is 13.0 Å². The Morgan fingerprint density at radius 1 is 1.53 bits per heavy atom. The lowest BCUT2D eigenvalue weighted by Crippen LogP contribution is -2.10. The minimum absolute atomic E-state index is 0.0964. The number of rotatable bonds is 2. The Morgan fingerprint density at radius 3 is 2.82 bits per heavy atom. The first kappa shape index (κ1) is 11.6.